The first-order valence-electron chi connectivity index (χ1n) is 2.94. The van der Waals surface area contributed by atoms with Gasteiger partial charge >= 0.3 is 0 Å². The molecule has 0 unspecified atom stereocenters. The van der Waals surface area contributed by atoms with E-state index in [0.29, 0.717) is 0 Å². The van der Waals surface area contributed by atoms with Crippen LogP contribution in [0.4, 0.5) is 0 Å². The summed E-state index contributed by atoms with van der Waals surface area (Å²) in [5.41, 5.74) is 0.999. The minimum Gasteiger partial charge on any atom is -0.0718 e. The highest BCUT2D eigenvalue weighted by molar-refractivity contribution is 7.16. The molecule has 0 aliphatic heterocycles. The van der Waals surface area contributed by atoms with Crippen molar-refractivity contribution in [3.8, 4) is 0 Å². The molecule has 7 heavy (non-hydrogen) atoms. The minimum absolute atomic E-state index is 0.596. The van der Waals surface area contributed by atoms with Crippen LogP contribution in [-0.2, 0) is 0 Å². The van der Waals surface area contributed by atoms with E-state index in [9.17, 15) is 0 Å². The molecule has 2 heteroatoms. The Morgan fingerprint density at radius 3 is 1.43 bits per heavy atom. The van der Waals surface area contributed by atoms with Gasteiger partial charge < -0.3 is 0 Å². The monoisotopic (exact) mass is 132 g/mol. The second kappa shape index (κ2) is 2.13. The molecule has 0 saturated carbocycles. The molecule has 0 aliphatic rings. The zero-order chi connectivity index (χ0) is 6.08. The van der Waals surface area contributed by atoms with Crippen LogP contribution >= 0.6 is 0 Å². The van der Waals surface area contributed by atoms with E-state index in [1.165, 1.54) is 9.76 Å². The third-order valence-corrected chi connectivity index (χ3v) is 8.66. The normalized spacial score (nSPS) is 13.3. The van der Waals surface area contributed by atoms with Crippen molar-refractivity contribution >= 4 is 17.4 Å². The van der Waals surface area contributed by atoms with E-state index in [-0.39, 0.29) is 0 Å². The van der Waals surface area contributed by atoms with Gasteiger partial charge in [0.05, 0.1) is 0 Å². The highest BCUT2D eigenvalue weighted by Gasteiger charge is 2.16. The summed E-state index contributed by atoms with van der Waals surface area (Å²) in [6.07, 6.45) is 0. The average molecular weight is 132 g/mol. The summed E-state index contributed by atoms with van der Waals surface area (Å²) in [4.78, 5) is 0. The van der Waals surface area contributed by atoms with Crippen LogP contribution in [-0.4, -0.2) is 17.4 Å². The predicted molar refractivity (Wildman–Crippen MR) is 42.5 cm³/mol. The molecule has 0 N–H and O–H groups in total. The van der Waals surface area contributed by atoms with Crippen molar-refractivity contribution in [2.45, 2.75) is 32.5 Å². The lowest BCUT2D eigenvalue weighted by atomic mass is 10.6. The van der Waals surface area contributed by atoms with Crippen LogP contribution < -0.4 is 0 Å². The van der Waals surface area contributed by atoms with Crippen LogP contribution in [0.1, 0.15) is 13.8 Å². The smallest absolute Gasteiger partial charge is 0.0327 e. The van der Waals surface area contributed by atoms with Crippen molar-refractivity contribution in [1.29, 1.82) is 0 Å². The highest BCUT2D eigenvalue weighted by atomic mass is 29.2. The Labute approximate surface area is 50.5 Å². The van der Waals surface area contributed by atoms with Crippen molar-refractivity contribution in [2.75, 3.05) is 0 Å². The van der Waals surface area contributed by atoms with Gasteiger partial charge in [-0.2, -0.15) is 0 Å². The SMILES string of the molecule is CC(C)[Si](C)(C)[SiH3]. The first-order valence-corrected chi connectivity index (χ1v) is 9.52. The zero-order valence-corrected chi connectivity index (χ0v) is 9.08. The van der Waals surface area contributed by atoms with Gasteiger partial charge in [-0.3, -0.25) is 0 Å². The van der Waals surface area contributed by atoms with Gasteiger partial charge in [0.2, 0.25) is 0 Å². The summed E-state index contributed by atoms with van der Waals surface area (Å²) in [5.74, 6) is 0. The molecule has 0 bridgehead atoms. The van der Waals surface area contributed by atoms with Gasteiger partial charge in [-0.25, -0.2) is 0 Å². The van der Waals surface area contributed by atoms with E-state index in [4.69, 9.17) is 0 Å². The van der Waals surface area contributed by atoms with Gasteiger partial charge in [0.1, 0.15) is 0 Å². The van der Waals surface area contributed by atoms with Crippen molar-refractivity contribution < 1.29 is 0 Å². The van der Waals surface area contributed by atoms with E-state index in [1.54, 1.807) is 0 Å². The van der Waals surface area contributed by atoms with Crippen LogP contribution in [0.25, 0.3) is 0 Å². The predicted octanol–water partition coefficient (Wildman–Crippen LogP) is 0.967. The maximum Gasteiger partial charge on any atom is 0.0327 e. The molecule has 44 valence electrons. The Kier molecular flexibility index (Phi) is 2.27. The second-order valence-electron chi connectivity index (χ2n) is 3.52. The van der Waals surface area contributed by atoms with Crippen LogP contribution in [0.2, 0.25) is 18.6 Å². The molecule has 0 aliphatic carbocycles. The van der Waals surface area contributed by atoms with Crippen molar-refractivity contribution in [3.05, 3.63) is 0 Å². The molecule has 0 spiro atoms. The van der Waals surface area contributed by atoms with Crippen molar-refractivity contribution in [1.82, 2.24) is 0 Å². The van der Waals surface area contributed by atoms with Crippen molar-refractivity contribution in [2.24, 2.45) is 0 Å². The molecule has 0 atom stereocenters. The summed E-state index contributed by atoms with van der Waals surface area (Å²) in [6, 6.07) is 0. The Morgan fingerprint density at radius 2 is 1.43 bits per heavy atom. The summed E-state index contributed by atoms with van der Waals surface area (Å²) >= 11 is 0. The van der Waals surface area contributed by atoms with E-state index in [2.05, 4.69) is 26.9 Å². The summed E-state index contributed by atoms with van der Waals surface area (Å²) in [7, 11) is 0.856. The molecule has 0 fully saturated rings. The fourth-order valence-corrected chi connectivity index (χ4v) is 0. The van der Waals surface area contributed by atoms with E-state index < -0.39 is 7.59 Å². The molecule has 0 nitrogen and oxygen atoms in total. The third-order valence-electron chi connectivity index (χ3n) is 1.73. The van der Waals surface area contributed by atoms with E-state index in [0.717, 1.165) is 5.54 Å². The Morgan fingerprint density at radius 1 is 1.29 bits per heavy atom. The van der Waals surface area contributed by atoms with Crippen LogP contribution in [0.15, 0.2) is 0 Å². The van der Waals surface area contributed by atoms with Gasteiger partial charge in [-0.05, 0) is 9.76 Å². The maximum atomic E-state index is 2.46. The van der Waals surface area contributed by atoms with Gasteiger partial charge in [-0.1, -0.05) is 32.5 Å². The molecule has 0 aromatic heterocycles. The third kappa shape index (κ3) is 3.06. The van der Waals surface area contributed by atoms with E-state index in [1.807, 2.05) is 0 Å². The van der Waals surface area contributed by atoms with Crippen LogP contribution in [0.3, 0.4) is 0 Å². The topological polar surface area (TPSA) is 0 Å². The van der Waals surface area contributed by atoms with Gasteiger partial charge in [0.15, 0.2) is 0 Å². The first-order chi connectivity index (χ1) is 2.94. The fourth-order valence-electron chi connectivity index (χ4n) is 0. The zero-order valence-electron chi connectivity index (χ0n) is 6.08. The molecule has 0 aromatic carbocycles. The molecular formula is C5H16Si2. The molecular weight excluding hydrogens is 116 g/mol. The minimum atomic E-state index is -0.596. The Balaban J connectivity index is 3.54. The number of hydrogen-bond acceptors (Lipinski definition) is 0. The lowest BCUT2D eigenvalue weighted by Gasteiger charge is -2.19. The maximum absolute atomic E-state index is 2.46. The van der Waals surface area contributed by atoms with Crippen LogP contribution in [0, 0.1) is 0 Å². The standard InChI is InChI=1S/C5H16Si2/c1-5(2)7(3,4)6/h5H,1-4,6H3. The largest absolute Gasteiger partial charge is 0.0718 e. The molecule has 0 aromatic rings. The van der Waals surface area contributed by atoms with Gasteiger partial charge in [0.25, 0.3) is 0 Å². The lowest BCUT2D eigenvalue weighted by Crippen LogP contribution is -2.29. The molecule has 0 amide bonds. The lowest BCUT2D eigenvalue weighted by molar-refractivity contribution is 1.03. The van der Waals surface area contributed by atoms with Gasteiger partial charge in [0, 0.05) is 7.59 Å². The molecule has 0 saturated heterocycles. The summed E-state index contributed by atoms with van der Waals surface area (Å²) in [5, 5.41) is 0. The Bertz CT molecular complexity index is 51.6. The summed E-state index contributed by atoms with van der Waals surface area (Å²) < 4.78 is 0. The number of hydrogen-bond donors (Lipinski definition) is 0. The fraction of sp³-hybridized carbons (Fsp3) is 1.00. The highest BCUT2D eigenvalue weighted by Crippen LogP contribution is 2.14. The number of rotatable bonds is 1. The quantitative estimate of drug-likeness (QED) is 0.466. The molecule has 0 rings (SSSR count). The molecule has 0 radical (unpaired) electrons. The average Bonchev–Trinajstić information content (AvgIpc) is 1.31. The van der Waals surface area contributed by atoms with Gasteiger partial charge in [-0.15, -0.1) is 0 Å². The Hall–Kier alpha value is 0.434. The van der Waals surface area contributed by atoms with Crippen molar-refractivity contribution in [3.63, 3.8) is 0 Å². The van der Waals surface area contributed by atoms with E-state index >= 15 is 0 Å². The first kappa shape index (κ1) is 7.43. The summed E-state index contributed by atoms with van der Waals surface area (Å²) in [6.45, 7) is 9.62. The second-order valence-corrected chi connectivity index (χ2v) is 17.1. The molecule has 0 heterocycles. The van der Waals surface area contributed by atoms with Crippen LogP contribution in [0.5, 0.6) is 0 Å².